The van der Waals surface area contributed by atoms with Gasteiger partial charge in [-0.1, -0.05) is 0 Å². The fourth-order valence-corrected chi connectivity index (χ4v) is 4.17. The minimum atomic E-state index is -0.562. The van der Waals surface area contributed by atoms with Crippen molar-refractivity contribution in [2.24, 2.45) is 13.0 Å². The fraction of sp³-hybridized carbons (Fsp3) is 0.588. The highest BCUT2D eigenvalue weighted by Gasteiger charge is 2.21. The van der Waals surface area contributed by atoms with Gasteiger partial charge in [0.25, 0.3) is 5.91 Å². The second kappa shape index (κ2) is 7.53. The Morgan fingerprint density at radius 1 is 1.52 bits per heavy atom. The summed E-state index contributed by atoms with van der Waals surface area (Å²) in [6, 6.07) is 1.28. The van der Waals surface area contributed by atoms with Crippen molar-refractivity contribution >= 4 is 33.4 Å². The van der Waals surface area contributed by atoms with Crippen molar-refractivity contribution in [3.8, 4) is 0 Å². The van der Waals surface area contributed by atoms with Crippen LogP contribution >= 0.6 is 11.3 Å². The molecule has 2 aromatic rings. The summed E-state index contributed by atoms with van der Waals surface area (Å²) < 4.78 is 1.78. The molecule has 2 amide bonds. The Hall–Kier alpha value is -1.93. The van der Waals surface area contributed by atoms with Crippen LogP contribution in [0.2, 0.25) is 0 Å². The number of thiophene rings is 1. The molecule has 0 aromatic carbocycles. The third kappa shape index (κ3) is 4.01. The normalized spacial score (nSPS) is 18.9. The molecule has 0 aliphatic carbocycles. The Morgan fingerprint density at radius 3 is 3.00 bits per heavy atom. The van der Waals surface area contributed by atoms with E-state index in [1.807, 2.05) is 20.0 Å². The van der Waals surface area contributed by atoms with Gasteiger partial charge in [-0.3, -0.25) is 14.3 Å². The molecule has 1 aliphatic rings. The number of rotatable bonds is 5. The van der Waals surface area contributed by atoms with Gasteiger partial charge in [0.1, 0.15) is 10.9 Å². The van der Waals surface area contributed by atoms with Crippen LogP contribution in [0.1, 0.15) is 35.1 Å². The Bertz CT molecular complexity index is 741. The Kier molecular flexibility index (Phi) is 5.39. The first-order chi connectivity index (χ1) is 12.0. The predicted molar refractivity (Wildman–Crippen MR) is 98.9 cm³/mol. The van der Waals surface area contributed by atoms with Crippen LogP contribution in [0, 0.1) is 12.8 Å². The summed E-state index contributed by atoms with van der Waals surface area (Å²) >= 11 is 1.39. The molecule has 3 heterocycles. The van der Waals surface area contributed by atoms with Gasteiger partial charge in [0, 0.05) is 19.0 Å². The minimum Gasteiger partial charge on any atom is -0.354 e. The van der Waals surface area contributed by atoms with Crippen molar-refractivity contribution in [1.82, 2.24) is 25.7 Å². The molecule has 8 heteroatoms. The second-order valence-corrected chi connectivity index (χ2v) is 7.72. The second-order valence-electron chi connectivity index (χ2n) is 6.69. The number of carbonyl (C=O) groups excluding carboxylic acids is 2. The fourth-order valence-electron chi connectivity index (χ4n) is 3.15. The molecule has 136 valence electrons. The number of carbonyl (C=O) groups is 2. The Morgan fingerprint density at radius 2 is 2.32 bits per heavy atom. The first-order valence-electron chi connectivity index (χ1n) is 8.68. The van der Waals surface area contributed by atoms with Crippen LogP contribution in [0.3, 0.4) is 0 Å². The van der Waals surface area contributed by atoms with Crippen LogP contribution in [0.5, 0.6) is 0 Å². The number of amides is 2. The molecule has 3 N–H and O–H groups in total. The summed E-state index contributed by atoms with van der Waals surface area (Å²) in [7, 11) is 1.86. The smallest absolute Gasteiger partial charge is 0.262 e. The van der Waals surface area contributed by atoms with E-state index in [4.69, 9.17) is 0 Å². The summed E-state index contributed by atoms with van der Waals surface area (Å²) in [6.45, 7) is 6.29. The van der Waals surface area contributed by atoms with E-state index in [9.17, 15) is 9.59 Å². The van der Waals surface area contributed by atoms with Crippen molar-refractivity contribution < 1.29 is 9.59 Å². The quantitative estimate of drug-likeness (QED) is 0.744. The number of fused-ring (bicyclic) bond motifs is 1. The molecule has 1 saturated heterocycles. The van der Waals surface area contributed by atoms with Gasteiger partial charge < -0.3 is 16.0 Å². The van der Waals surface area contributed by atoms with Crippen molar-refractivity contribution in [1.29, 1.82) is 0 Å². The molecule has 2 atom stereocenters. The average Bonchev–Trinajstić information content (AvgIpc) is 3.15. The molecule has 0 radical (unpaired) electrons. The summed E-state index contributed by atoms with van der Waals surface area (Å²) in [5, 5.41) is 14.4. The minimum absolute atomic E-state index is 0.141. The zero-order chi connectivity index (χ0) is 18.0. The summed E-state index contributed by atoms with van der Waals surface area (Å²) in [4.78, 5) is 26.2. The molecular weight excluding hydrogens is 338 g/mol. The van der Waals surface area contributed by atoms with E-state index in [-0.39, 0.29) is 11.8 Å². The van der Waals surface area contributed by atoms with Crippen LogP contribution in [0.4, 0.5) is 0 Å². The van der Waals surface area contributed by atoms with Crippen LogP contribution in [0.25, 0.3) is 10.2 Å². The predicted octanol–water partition coefficient (Wildman–Crippen LogP) is 1.18. The maximum Gasteiger partial charge on any atom is 0.262 e. The Labute approximate surface area is 151 Å². The highest BCUT2D eigenvalue weighted by Crippen LogP contribution is 2.27. The molecule has 0 spiro atoms. The van der Waals surface area contributed by atoms with Crippen LogP contribution in [-0.4, -0.2) is 47.3 Å². The lowest BCUT2D eigenvalue weighted by atomic mass is 10.00. The molecule has 7 nitrogen and oxygen atoms in total. The average molecular weight is 363 g/mol. The van der Waals surface area contributed by atoms with Gasteiger partial charge in [0.2, 0.25) is 5.91 Å². The maximum absolute atomic E-state index is 12.4. The van der Waals surface area contributed by atoms with Crippen molar-refractivity contribution in [2.75, 3.05) is 19.6 Å². The molecule has 0 saturated carbocycles. The number of hydrogen-bond donors (Lipinski definition) is 3. The SMILES string of the molecule is Cc1nn(C)c2sc(C(=O)NC(C)C(=O)NCC3CCCNC3)cc12. The van der Waals surface area contributed by atoms with Gasteiger partial charge in [0.15, 0.2) is 0 Å². The highest BCUT2D eigenvalue weighted by atomic mass is 32.1. The van der Waals surface area contributed by atoms with Crippen molar-refractivity contribution in [3.63, 3.8) is 0 Å². The summed E-state index contributed by atoms with van der Waals surface area (Å²) in [5.74, 6) is 0.110. The molecule has 25 heavy (non-hydrogen) atoms. The van der Waals surface area contributed by atoms with Crippen LogP contribution in [-0.2, 0) is 11.8 Å². The third-order valence-electron chi connectivity index (χ3n) is 4.62. The lowest BCUT2D eigenvalue weighted by Gasteiger charge is -2.23. The van der Waals surface area contributed by atoms with E-state index in [0.29, 0.717) is 17.3 Å². The molecule has 2 aromatic heterocycles. The first kappa shape index (κ1) is 17.9. The zero-order valence-electron chi connectivity index (χ0n) is 14.9. The highest BCUT2D eigenvalue weighted by molar-refractivity contribution is 7.20. The van der Waals surface area contributed by atoms with E-state index >= 15 is 0 Å². The van der Waals surface area contributed by atoms with Crippen LogP contribution < -0.4 is 16.0 Å². The largest absolute Gasteiger partial charge is 0.354 e. The molecule has 3 rings (SSSR count). The molecule has 1 fully saturated rings. The van der Waals surface area contributed by atoms with Gasteiger partial charge in [-0.2, -0.15) is 5.10 Å². The van der Waals surface area contributed by atoms with E-state index in [1.54, 1.807) is 11.6 Å². The van der Waals surface area contributed by atoms with Gasteiger partial charge in [-0.15, -0.1) is 11.3 Å². The van der Waals surface area contributed by atoms with E-state index in [2.05, 4.69) is 21.0 Å². The van der Waals surface area contributed by atoms with Crippen LogP contribution in [0.15, 0.2) is 6.07 Å². The van der Waals surface area contributed by atoms with E-state index in [1.165, 1.54) is 11.3 Å². The lowest BCUT2D eigenvalue weighted by Crippen LogP contribution is -2.47. The maximum atomic E-state index is 12.4. The van der Waals surface area contributed by atoms with Gasteiger partial charge in [-0.25, -0.2) is 0 Å². The number of nitrogens with zero attached hydrogens (tertiary/aromatic N) is 2. The third-order valence-corrected chi connectivity index (χ3v) is 5.83. The number of aryl methyl sites for hydroxylation is 2. The number of hydrogen-bond acceptors (Lipinski definition) is 5. The first-order valence-corrected chi connectivity index (χ1v) is 9.49. The number of piperidine rings is 1. The van der Waals surface area contributed by atoms with Crippen molar-refractivity contribution in [2.45, 2.75) is 32.7 Å². The molecule has 1 aliphatic heterocycles. The van der Waals surface area contributed by atoms with E-state index < -0.39 is 6.04 Å². The van der Waals surface area contributed by atoms with E-state index in [0.717, 1.165) is 41.8 Å². The lowest BCUT2D eigenvalue weighted by molar-refractivity contribution is -0.122. The Balaban J connectivity index is 1.55. The van der Waals surface area contributed by atoms with Gasteiger partial charge >= 0.3 is 0 Å². The molecule has 2 unspecified atom stereocenters. The summed E-state index contributed by atoms with van der Waals surface area (Å²) in [6.07, 6.45) is 2.27. The number of aromatic nitrogens is 2. The van der Waals surface area contributed by atoms with Crippen molar-refractivity contribution in [3.05, 3.63) is 16.6 Å². The van der Waals surface area contributed by atoms with Gasteiger partial charge in [0.05, 0.1) is 10.6 Å². The summed E-state index contributed by atoms with van der Waals surface area (Å²) in [5.41, 5.74) is 0.902. The molecule has 0 bridgehead atoms. The number of nitrogens with one attached hydrogen (secondary N) is 3. The zero-order valence-corrected chi connectivity index (χ0v) is 15.7. The monoisotopic (exact) mass is 363 g/mol. The topological polar surface area (TPSA) is 88.0 Å². The molecular formula is C17H25N5O2S. The standard InChI is InChI=1S/C17H25N5O2S/c1-10-13-7-14(25-17(13)22(3)21-10)16(24)20-11(2)15(23)19-9-12-5-4-6-18-8-12/h7,11-12,18H,4-6,8-9H2,1-3H3,(H,19,23)(H,20,24). The van der Waals surface area contributed by atoms with Gasteiger partial charge in [-0.05, 0) is 51.8 Å².